The molecule has 0 amide bonds. The fraction of sp³-hybridized carbons (Fsp3) is 0.943. The Morgan fingerprint density at radius 2 is 1.67 bits per heavy atom. The molecule has 6 N–H and O–H groups in total. The van der Waals surface area contributed by atoms with E-state index in [9.17, 15) is 24.9 Å². The third-order valence-corrected chi connectivity index (χ3v) is 10.7. The Morgan fingerprint density at radius 3 is 2.31 bits per heavy atom. The summed E-state index contributed by atoms with van der Waals surface area (Å²) in [6, 6.07) is 0. The molecule has 0 aromatic heterocycles. The highest BCUT2D eigenvalue weighted by molar-refractivity contribution is 5.66. The van der Waals surface area contributed by atoms with Crippen LogP contribution in [0.15, 0.2) is 0 Å². The van der Waals surface area contributed by atoms with Crippen LogP contribution in [0.3, 0.4) is 0 Å². The summed E-state index contributed by atoms with van der Waals surface area (Å²) in [5, 5.41) is 33.8. The number of aliphatic hydroxyl groups is 3. The van der Waals surface area contributed by atoms with Gasteiger partial charge in [-0.3, -0.25) is 9.59 Å². The van der Waals surface area contributed by atoms with Gasteiger partial charge in [0.2, 0.25) is 0 Å². The van der Waals surface area contributed by atoms with Crippen LogP contribution < -0.4 is 11.1 Å². The lowest BCUT2D eigenvalue weighted by molar-refractivity contribution is -0.157. The van der Waals surface area contributed by atoms with Gasteiger partial charge in [-0.25, -0.2) is 0 Å². The van der Waals surface area contributed by atoms with Gasteiger partial charge < -0.3 is 40.6 Å². The number of esters is 2. The highest BCUT2D eigenvalue weighted by Gasteiger charge is 2.42. The predicted octanol–water partition coefficient (Wildman–Crippen LogP) is 3.92. The van der Waals surface area contributed by atoms with Gasteiger partial charge in [0, 0.05) is 26.9 Å². The second-order valence-corrected chi connectivity index (χ2v) is 14.8. The highest BCUT2D eigenvalue weighted by Crippen LogP contribution is 2.43. The molecule has 3 aliphatic rings. The van der Waals surface area contributed by atoms with Gasteiger partial charge >= 0.3 is 11.9 Å². The molecule has 2 aliphatic carbocycles. The van der Waals surface area contributed by atoms with Crippen LogP contribution in [-0.2, 0) is 23.8 Å². The Morgan fingerprint density at radius 1 is 0.956 bits per heavy atom. The van der Waals surface area contributed by atoms with Gasteiger partial charge in [0.05, 0.1) is 31.6 Å². The number of hydrogen-bond acceptors (Lipinski definition) is 10. The minimum absolute atomic E-state index is 0.0609. The summed E-state index contributed by atoms with van der Waals surface area (Å²) >= 11 is 0. The van der Waals surface area contributed by atoms with E-state index >= 15 is 0 Å². The molecule has 2 saturated carbocycles. The second kappa shape index (κ2) is 19.5. The summed E-state index contributed by atoms with van der Waals surface area (Å²) in [4.78, 5) is 24.8. The maximum Gasteiger partial charge on any atom is 0.302 e. The topological polar surface area (TPSA) is 161 Å². The maximum absolute atomic E-state index is 12.4. The van der Waals surface area contributed by atoms with Crippen molar-refractivity contribution >= 4 is 11.9 Å². The zero-order valence-corrected chi connectivity index (χ0v) is 28.4. The third kappa shape index (κ3) is 13.0. The Hall–Kier alpha value is -1.30. The van der Waals surface area contributed by atoms with Crippen LogP contribution in [0.5, 0.6) is 0 Å². The molecule has 6 unspecified atom stereocenters. The lowest BCUT2D eigenvalue weighted by atomic mass is 9.66. The molecule has 11 atom stereocenters. The number of aliphatic hydroxyl groups excluding tert-OH is 3. The minimum Gasteiger partial charge on any atom is -0.462 e. The average molecular weight is 641 g/mol. The van der Waals surface area contributed by atoms with Gasteiger partial charge in [0.1, 0.15) is 12.2 Å². The van der Waals surface area contributed by atoms with Gasteiger partial charge in [-0.05, 0) is 112 Å². The Bertz CT molecular complexity index is 875. The molecular weight excluding hydrogens is 576 g/mol. The van der Waals surface area contributed by atoms with Crippen LogP contribution in [0.2, 0.25) is 0 Å². The first-order valence-electron chi connectivity index (χ1n) is 17.8. The normalized spacial score (nSPS) is 34.4. The van der Waals surface area contributed by atoms with Crippen LogP contribution in [0.25, 0.3) is 0 Å². The Balaban J connectivity index is 1.80. The molecule has 1 saturated heterocycles. The van der Waals surface area contributed by atoms with E-state index in [4.69, 9.17) is 19.9 Å². The first-order chi connectivity index (χ1) is 21.5. The molecular formula is C35H64N2O8. The number of piperidine rings is 1. The molecule has 45 heavy (non-hydrogen) atoms. The number of carbonyl (C=O) groups excluding carboxylic acids is 2. The molecule has 0 spiro atoms. The first-order valence-corrected chi connectivity index (χ1v) is 17.8. The second-order valence-electron chi connectivity index (χ2n) is 14.8. The van der Waals surface area contributed by atoms with Crippen molar-refractivity contribution in [3.8, 4) is 0 Å². The van der Waals surface area contributed by atoms with Crippen molar-refractivity contribution in [2.75, 3.05) is 26.4 Å². The molecule has 0 aromatic rings. The lowest BCUT2D eigenvalue weighted by Gasteiger charge is -2.45. The Kier molecular flexibility index (Phi) is 16.5. The van der Waals surface area contributed by atoms with Crippen LogP contribution in [-0.4, -0.2) is 84.2 Å². The van der Waals surface area contributed by atoms with Gasteiger partial charge in [-0.15, -0.1) is 0 Å². The van der Waals surface area contributed by atoms with Gasteiger partial charge in [0.25, 0.3) is 0 Å². The molecule has 0 aromatic carbocycles. The van der Waals surface area contributed by atoms with Crippen molar-refractivity contribution in [2.24, 2.45) is 47.2 Å². The summed E-state index contributed by atoms with van der Waals surface area (Å²) in [5.41, 5.74) is 6.28. The van der Waals surface area contributed by atoms with E-state index in [-0.39, 0.29) is 67.7 Å². The summed E-state index contributed by atoms with van der Waals surface area (Å²) in [6.45, 7) is 8.44. The molecule has 10 nitrogen and oxygen atoms in total. The molecule has 3 rings (SSSR count). The van der Waals surface area contributed by atoms with Crippen LogP contribution in [0.4, 0.5) is 0 Å². The first kappa shape index (κ1) is 38.2. The van der Waals surface area contributed by atoms with E-state index in [1.807, 2.05) is 0 Å². The van der Waals surface area contributed by atoms with Crippen molar-refractivity contribution in [1.29, 1.82) is 0 Å². The number of nitrogens with two attached hydrogens (primary N) is 1. The van der Waals surface area contributed by atoms with Crippen molar-refractivity contribution in [3.63, 3.8) is 0 Å². The fourth-order valence-corrected chi connectivity index (χ4v) is 8.82. The Labute approximate surface area is 271 Å². The van der Waals surface area contributed by atoms with E-state index < -0.39 is 18.3 Å². The van der Waals surface area contributed by atoms with Crippen molar-refractivity contribution < 1.29 is 39.1 Å². The molecule has 3 fully saturated rings. The minimum atomic E-state index is -0.598. The molecule has 1 aliphatic heterocycles. The van der Waals surface area contributed by atoms with Crippen LogP contribution in [0.1, 0.15) is 111 Å². The van der Waals surface area contributed by atoms with Crippen molar-refractivity contribution in [3.05, 3.63) is 0 Å². The van der Waals surface area contributed by atoms with Crippen molar-refractivity contribution in [2.45, 2.75) is 142 Å². The monoisotopic (exact) mass is 640 g/mol. The SMILES string of the molecule is CC(=O)O[C@H](CCC1CC(OCCO)C(O)CC1C1CCNC(N)C1)C[C@@H](OC(C)=O)[C@@H]1C[C@@H](CC(C)C)CCC[C@H](CO)C1. The van der Waals surface area contributed by atoms with Crippen LogP contribution >= 0.6 is 0 Å². The van der Waals surface area contributed by atoms with Gasteiger partial charge in [-0.2, -0.15) is 0 Å². The average Bonchev–Trinajstić information content (AvgIpc) is 2.95. The molecule has 0 radical (unpaired) electrons. The molecule has 1 heterocycles. The molecule has 10 heteroatoms. The quantitative estimate of drug-likeness (QED) is 0.166. The standard InChI is InChI=1S/C35H64N2O8/c1-22(2)14-25-6-5-7-26(21-39)16-29(15-25)33(45-24(4)41)19-30(44-23(3)40)9-8-27-17-34(43-13-12-38)32(42)20-31(27)28-10-11-37-35(36)18-28/h22,25-35,37-39,42H,5-21,36H2,1-4H3/t25-,26+,27?,28?,29-,30-,31?,32?,33-,34?,35?/m1/s1. The van der Waals surface area contributed by atoms with Gasteiger partial charge in [-0.1, -0.05) is 26.7 Å². The summed E-state index contributed by atoms with van der Waals surface area (Å²) in [6.07, 6.45) is 9.15. The number of carbonyl (C=O) groups is 2. The van der Waals surface area contributed by atoms with E-state index in [2.05, 4.69) is 19.2 Å². The molecule has 262 valence electrons. The van der Waals surface area contributed by atoms with Crippen LogP contribution in [0, 0.1) is 41.4 Å². The number of ether oxygens (including phenoxy) is 3. The van der Waals surface area contributed by atoms with Crippen molar-refractivity contribution in [1.82, 2.24) is 5.32 Å². The van der Waals surface area contributed by atoms with E-state index in [0.717, 1.165) is 64.3 Å². The summed E-state index contributed by atoms with van der Waals surface area (Å²) in [7, 11) is 0. The van der Waals surface area contributed by atoms with Gasteiger partial charge in [0.15, 0.2) is 0 Å². The maximum atomic E-state index is 12.4. The fourth-order valence-electron chi connectivity index (χ4n) is 8.82. The number of rotatable bonds is 15. The zero-order valence-electron chi connectivity index (χ0n) is 28.4. The predicted molar refractivity (Wildman–Crippen MR) is 173 cm³/mol. The highest BCUT2D eigenvalue weighted by atomic mass is 16.6. The summed E-state index contributed by atoms with van der Waals surface area (Å²) in [5.74, 6) is 1.54. The largest absolute Gasteiger partial charge is 0.462 e. The lowest BCUT2D eigenvalue weighted by Crippen LogP contribution is -2.50. The smallest absolute Gasteiger partial charge is 0.302 e. The summed E-state index contributed by atoms with van der Waals surface area (Å²) < 4.78 is 17.8. The van der Waals surface area contributed by atoms with E-state index in [1.165, 1.54) is 13.8 Å². The van der Waals surface area contributed by atoms with E-state index in [0.29, 0.717) is 43.4 Å². The zero-order chi connectivity index (χ0) is 32.9. The number of hydrogen-bond donors (Lipinski definition) is 5. The number of nitrogens with one attached hydrogen (secondary N) is 1. The van der Waals surface area contributed by atoms with E-state index in [1.54, 1.807) is 0 Å². The third-order valence-electron chi connectivity index (χ3n) is 10.7. The molecule has 0 bridgehead atoms.